The van der Waals surface area contributed by atoms with Crippen LogP contribution in [0.5, 0.6) is 0 Å². The van der Waals surface area contributed by atoms with Gasteiger partial charge in [0, 0.05) is 19.6 Å². The molecule has 3 nitrogen and oxygen atoms in total. The molecular weight excluding hydrogens is 288 g/mol. The molecule has 0 aromatic rings. The molecule has 0 unspecified atom stereocenters. The van der Waals surface area contributed by atoms with E-state index >= 15 is 0 Å². The highest BCUT2D eigenvalue weighted by Crippen LogP contribution is 2.12. The number of hydrogen-bond donors (Lipinski definition) is 0. The minimum Gasteiger partial charge on any atom is -0.468 e. The number of carbonyl (C=O) groups is 1. The molecule has 0 amide bonds. The molecule has 0 rings (SSSR count). The van der Waals surface area contributed by atoms with Crippen LogP contribution in [0.3, 0.4) is 0 Å². The van der Waals surface area contributed by atoms with E-state index in [-0.39, 0.29) is 0 Å². The summed E-state index contributed by atoms with van der Waals surface area (Å²) in [4.78, 5) is 9.92. The summed E-state index contributed by atoms with van der Waals surface area (Å²) in [5.41, 5.74) is 0. The third kappa shape index (κ3) is 21.4. The molecule has 0 heterocycles. The molecule has 0 aliphatic carbocycles. The fraction of sp³-hybridized carbons (Fsp3) is 0.950. The molecule has 0 atom stereocenters. The zero-order chi connectivity index (χ0) is 16.8. The van der Waals surface area contributed by atoms with Crippen molar-refractivity contribution >= 4 is 6.47 Å². The van der Waals surface area contributed by atoms with Crippen LogP contribution in [0.2, 0.25) is 0 Å². The summed E-state index contributed by atoms with van der Waals surface area (Å²) in [7, 11) is 0. The van der Waals surface area contributed by atoms with Crippen molar-refractivity contribution in [3.8, 4) is 0 Å². The van der Waals surface area contributed by atoms with Crippen LogP contribution in [0, 0.1) is 0 Å². The number of carbonyl (C=O) groups excluding carboxylic acids is 1. The molecule has 138 valence electrons. The topological polar surface area (TPSA) is 35.5 Å². The van der Waals surface area contributed by atoms with Gasteiger partial charge in [0.2, 0.25) is 0 Å². The predicted octanol–water partition coefficient (Wildman–Crippen LogP) is 6.05. The molecule has 0 aromatic carbocycles. The van der Waals surface area contributed by atoms with Crippen molar-refractivity contribution in [1.82, 2.24) is 0 Å². The lowest BCUT2D eigenvalue weighted by Gasteiger charge is -2.04. The fourth-order valence-corrected chi connectivity index (χ4v) is 2.79. The first kappa shape index (κ1) is 22.4. The first-order valence-corrected chi connectivity index (χ1v) is 10.0. The van der Waals surface area contributed by atoms with Crippen molar-refractivity contribution in [3.05, 3.63) is 0 Å². The van der Waals surface area contributed by atoms with Gasteiger partial charge >= 0.3 is 0 Å². The van der Waals surface area contributed by atoms with E-state index < -0.39 is 0 Å². The Labute approximate surface area is 144 Å². The predicted molar refractivity (Wildman–Crippen MR) is 97.8 cm³/mol. The summed E-state index contributed by atoms with van der Waals surface area (Å²) in [6.45, 7) is 4.79. The van der Waals surface area contributed by atoms with Gasteiger partial charge in [0.1, 0.15) is 0 Å². The van der Waals surface area contributed by atoms with Crippen molar-refractivity contribution in [2.45, 2.75) is 103 Å². The lowest BCUT2D eigenvalue weighted by molar-refractivity contribution is -0.129. The van der Waals surface area contributed by atoms with Crippen molar-refractivity contribution in [2.24, 2.45) is 0 Å². The van der Waals surface area contributed by atoms with Crippen LogP contribution >= 0.6 is 0 Å². The SMILES string of the molecule is CCCCCCCCCCCCCCCCOCCCOC=O. The molecule has 0 aliphatic heterocycles. The van der Waals surface area contributed by atoms with Crippen LogP contribution in [0.25, 0.3) is 0 Å². The van der Waals surface area contributed by atoms with Crippen molar-refractivity contribution in [1.29, 1.82) is 0 Å². The largest absolute Gasteiger partial charge is 0.468 e. The van der Waals surface area contributed by atoms with Crippen molar-refractivity contribution < 1.29 is 14.3 Å². The molecule has 3 heteroatoms. The van der Waals surface area contributed by atoms with E-state index in [9.17, 15) is 4.79 Å². The number of rotatable bonds is 20. The van der Waals surface area contributed by atoms with Crippen molar-refractivity contribution in [2.75, 3.05) is 19.8 Å². The average Bonchev–Trinajstić information content (AvgIpc) is 2.57. The third-order valence-corrected chi connectivity index (χ3v) is 4.26. The van der Waals surface area contributed by atoms with E-state index in [0.717, 1.165) is 19.4 Å². The molecule has 0 aliphatic rings. The summed E-state index contributed by atoms with van der Waals surface area (Å²) >= 11 is 0. The normalized spacial score (nSPS) is 10.8. The van der Waals surface area contributed by atoms with E-state index in [1.54, 1.807) is 0 Å². The Morgan fingerprint density at radius 3 is 1.48 bits per heavy atom. The van der Waals surface area contributed by atoms with Gasteiger partial charge in [0.05, 0.1) is 6.61 Å². The highest BCUT2D eigenvalue weighted by atomic mass is 16.5. The summed E-state index contributed by atoms with van der Waals surface area (Å²) < 4.78 is 10.1. The minimum absolute atomic E-state index is 0.474. The van der Waals surface area contributed by atoms with Crippen LogP contribution in [-0.4, -0.2) is 26.3 Å². The molecule has 0 aromatic heterocycles. The molecule has 0 saturated carbocycles. The maximum absolute atomic E-state index is 9.92. The summed E-state index contributed by atoms with van der Waals surface area (Å²) in [6.07, 6.45) is 20.2. The zero-order valence-electron chi connectivity index (χ0n) is 15.5. The number of unbranched alkanes of at least 4 members (excludes halogenated alkanes) is 13. The molecule has 0 fully saturated rings. The van der Waals surface area contributed by atoms with E-state index in [0.29, 0.717) is 19.7 Å². The van der Waals surface area contributed by atoms with Gasteiger partial charge in [-0.3, -0.25) is 4.79 Å². The van der Waals surface area contributed by atoms with Crippen LogP contribution in [-0.2, 0) is 14.3 Å². The fourth-order valence-electron chi connectivity index (χ4n) is 2.79. The van der Waals surface area contributed by atoms with Gasteiger partial charge in [-0.15, -0.1) is 0 Å². The molecule has 0 spiro atoms. The second-order valence-corrected chi connectivity index (χ2v) is 6.53. The lowest BCUT2D eigenvalue weighted by Crippen LogP contribution is -2.01. The van der Waals surface area contributed by atoms with E-state index in [1.807, 2.05) is 0 Å². The second-order valence-electron chi connectivity index (χ2n) is 6.53. The van der Waals surface area contributed by atoms with Crippen LogP contribution in [0.15, 0.2) is 0 Å². The number of hydrogen-bond acceptors (Lipinski definition) is 3. The van der Waals surface area contributed by atoms with Crippen LogP contribution in [0.4, 0.5) is 0 Å². The zero-order valence-corrected chi connectivity index (χ0v) is 15.5. The van der Waals surface area contributed by atoms with Gasteiger partial charge in [-0.2, -0.15) is 0 Å². The van der Waals surface area contributed by atoms with Gasteiger partial charge in [-0.05, 0) is 6.42 Å². The van der Waals surface area contributed by atoms with Gasteiger partial charge < -0.3 is 9.47 Å². The van der Waals surface area contributed by atoms with Gasteiger partial charge in [0.25, 0.3) is 6.47 Å². The van der Waals surface area contributed by atoms with E-state index in [4.69, 9.17) is 4.74 Å². The molecule has 0 bridgehead atoms. The highest BCUT2D eigenvalue weighted by molar-refractivity contribution is 5.36. The van der Waals surface area contributed by atoms with Crippen LogP contribution < -0.4 is 0 Å². The molecular formula is C20H40O3. The first-order valence-electron chi connectivity index (χ1n) is 10.0. The molecule has 0 radical (unpaired) electrons. The highest BCUT2D eigenvalue weighted by Gasteiger charge is 1.94. The van der Waals surface area contributed by atoms with E-state index in [1.165, 1.54) is 83.5 Å². The Morgan fingerprint density at radius 1 is 0.565 bits per heavy atom. The van der Waals surface area contributed by atoms with E-state index in [2.05, 4.69) is 11.7 Å². The standard InChI is InChI=1S/C20H40O3/c1-2-3-4-5-6-7-8-9-10-11-12-13-14-15-17-22-18-16-19-23-20-21/h20H,2-19H2,1H3. The average molecular weight is 329 g/mol. The Hall–Kier alpha value is -0.570. The summed E-state index contributed by atoms with van der Waals surface area (Å²) in [5, 5.41) is 0. The lowest BCUT2D eigenvalue weighted by atomic mass is 10.0. The smallest absolute Gasteiger partial charge is 0.293 e. The van der Waals surface area contributed by atoms with Gasteiger partial charge in [-0.1, -0.05) is 90.4 Å². The summed E-state index contributed by atoms with van der Waals surface area (Å²) in [6, 6.07) is 0. The quantitative estimate of drug-likeness (QED) is 0.202. The Bertz CT molecular complexity index is 219. The van der Waals surface area contributed by atoms with Gasteiger partial charge in [-0.25, -0.2) is 0 Å². The number of ether oxygens (including phenoxy) is 2. The monoisotopic (exact) mass is 328 g/mol. The minimum atomic E-state index is 0.474. The Morgan fingerprint density at radius 2 is 1.00 bits per heavy atom. The molecule has 0 saturated heterocycles. The maximum Gasteiger partial charge on any atom is 0.293 e. The maximum atomic E-state index is 9.92. The Kier molecular flexibility index (Phi) is 20.9. The van der Waals surface area contributed by atoms with Crippen molar-refractivity contribution in [3.63, 3.8) is 0 Å². The van der Waals surface area contributed by atoms with Gasteiger partial charge in [0.15, 0.2) is 0 Å². The summed E-state index contributed by atoms with van der Waals surface area (Å²) in [5.74, 6) is 0. The Balaban J connectivity index is 2.93. The molecule has 0 N–H and O–H groups in total. The molecule has 23 heavy (non-hydrogen) atoms. The van der Waals surface area contributed by atoms with Crippen LogP contribution in [0.1, 0.15) is 103 Å². The second kappa shape index (κ2) is 21.4. The third-order valence-electron chi connectivity index (χ3n) is 4.26. The first-order chi connectivity index (χ1) is 11.4.